The van der Waals surface area contributed by atoms with E-state index in [0.29, 0.717) is 22.7 Å². The van der Waals surface area contributed by atoms with Crippen molar-refractivity contribution in [3.8, 4) is 0 Å². The lowest BCUT2D eigenvalue weighted by Crippen LogP contribution is -2.40. The summed E-state index contributed by atoms with van der Waals surface area (Å²) in [4.78, 5) is 43.5. The molecule has 0 spiro atoms. The highest BCUT2D eigenvalue weighted by atomic mass is 16.3. The SMILES string of the molecule is CC1(c2cc3ccccc3o2)NC(=O)N(Cc2cc(=O)n3ccccc3n2)C1=O. The molecule has 0 radical (unpaired) electrons. The van der Waals surface area contributed by atoms with Crippen molar-refractivity contribution in [2.24, 2.45) is 0 Å². The fourth-order valence-electron chi connectivity index (χ4n) is 3.58. The van der Waals surface area contributed by atoms with Crippen molar-refractivity contribution >= 4 is 28.6 Å². The maximum Gasteiger partial charge on any atom is 0.325 e. The molecular weight excluding hydrogens is 372 g/mol. The normalized spacial score (nSPS) is 19.3. The molecule has 3 amide bonds. The van der Waals surface area contributed by atoms with Crippen molar-refractivity contribution in [1.29, 1.82) is 0 Å². The minimum atomic E-state index is -1.33. The van der Waals surface area contributed by atoms with E-state index in [2.05, 4.69) is 10.3 Å². The number of carbonyl (C=O) groups excluding carboxylic acids is 2. The van der Waals surface area contributed by atoms with Gasteiger partial charge < -0.3 is 9.73 Å². The van der Waals surface area contributed by atoms with Gasteiger partial charge in [-0.25, -0.2) is 9.78 Å². The first-order valence-corrected chi connectivity index (χ1v) is 9.06. The fourth-order valence-corrected chi connectivity index (χ4v) is 3.58. The van der Waals surface area contributed by atoms with E-state index in [-0.39, 0.29) is 12.1 Å². The van der Waals surface area contributed by atoms with Crippen LogP contribution in [0, 0.1) is 0 Å². The van der Waals surface area contributed by atoms with Crippen molar-refractivity contribution in [3.05, 3.63) is 82.6 Å². The van der Waals surface area contributed by atoms with Gasteiger partial charge >= 0.3 is 6.03 Å². The predicted molar refractivity (Wildman–Crippen MR) is 104 cm³/mol. The van der Waals surface area contributed by atoms with Crippen LogP contribution in [-0.4, -0.2) is 26.2 Å². The molecule has 0 aliphatic carbocycles. The second-order valence-electron chi connectivity index (χ2n) is 7.11. The van der Waals surface area contributed by atoms with Crippen LogP contribution in [-0.2, 0) is 16.9 Å². The van der Waals surface area contributed by atoms with Crippen LogP contribution < -0.4 is 10.9 Å². The van der Waals surface area contributed by atoms with Crippen molar-refractivity contribution in [3.63, 3.8) is 0 Å². The molecule has 1 aromatic carbocycles. The molecule has 1 unspecified atom stereocenters. The molecule has 3 aromatic heterocycles. The van der Waals surface area contributed by atoms with E-state index < -0.39 is 17.5 Å². The highest BCUT2D eigenvalue weighted by Gasteiger charge is 2.51. The van der Waals surface area contributed by atoms with E-state index in [1.165, 1.54) is 10.5 Å². The van der Waals surface area contributed by atoms with Gasteiger partial charge in [0, 0.05) is 17.6 Å². The number of furan rings is 1. The standard InChI is InChI=1S/C21H16N4O4/c1-21(16-10-13-6-2-3-7-15(13)29-16)19(27)25(20(28)23-21)12-14-11-18(26)24-9-5-4-8-17(24)22-14/h2-11H,12H2,1H3,(H,23,28). The number of imide groups is 1. The Bertz CT molecular complexity index is 1320. The Balaban J connectivity index is 1.50. The lowest BCUT2D eigenvalue weighted by Gasteiger charge is -2.19. The summed E-state index contributed by atoms with van der Waals surface area (Å²) in [5.74, 6) is -0.109. The van der Waals surface area contributed by atoms with Gasteiger partial charge in [-0.3, -0.25) is 18.9 Å². The quantitative estimate of drug-likeness (QED) is 0.544. The number of carbonyl (C=O) groups is 2. The van der Waals surface area contributed by atoms with Crippen LogP contribution in [0.15, 0.2) is 70.0 Å². The molecule has 1 aliphatic heterocycles. The van der Waals surface area contributed by atoms with Gasteiger partial charge in [0.1, 0.15) is 17.0 Å². The maximum atomic E-state index is 13.1. The van der Waals surface area contributed by atoms with Crippen LogP contribution in [0.2, 0.25) is 0 Å². The number of rotatable bonds is 3. The molecule has 8 heteroatoms. The molecule has 29 heavy (non-hydrogen) atoms. The van der Waals surface area contributed by atoms with Crippen molar-refractivity contribution in [1.82, 2.24) is 19.6 Å². The molecule has 0 bridgehead atoms. The van der Waals surface area contributed by atoms with Crippen LogP contribution in [0.1, 0.15) is 18.4 Å². The van der Waals surface area contributed by atoms with Gasteiger partial charge in [0.05, 0.1) is 12.2 Å². The number of urea groups is 1. The van der Waals surface area contributed by atoms with E-state index in [4.69, 9.17) is 4.42 Å². The molecule has 1 saturated heterocycles. The summed E-state index contributed by atoms with van der Waals surface area (Å²) in [5.41, 5.74) is -0.200. The zero-order chi connectivity index (χ0) is 20.2. The zero-order valence-corrected chi connectivity index (χ0v) is 15.5. The third-order valence-electron chi connectivity index (χ3n) is 5.14. The number of hydrogen-bond donors (Lipinski definition) is 1. The molecule has 8 nitrogen and oxygen atoms in total. The van der Waals surface area contributed by atoms with Gasteiger partial charge in [-0.15, -0.1) is 0 Å². The minimum absolute atomic E-state index is 0.110. The number of nitrogens with one attached hydrogen (secondary N) is 1. The van der Waals surface area contributed by atoms with E-state index in [1.807, 2.05) is 18.2 Å². The first kappa shape index (κ1) is 17.2. The van der Waals surface area contributed by atoms with E-state index in [9.17, 15) is 14.4 Å². The van der Waals surface area contributed by atoms with Gasteiger partial charge in [0.15, 0.2) is 5.54 Å². The van der Waals surface area contributed by atoms with Crippen molar-refractivity contribution in [2.75, 3.05) is 0 Å². The van der Waals surface area contributed by atoms with Crippen molar-refractivity contribution < 1.29 is 14.0 Å². The molecule has 1 atom stereocenters. The molecule has 1 fully saturated rings. The number of fused-ring (bicyclic) bond motifs is 2. The summed E-state index contributed by atoms with van der Waals surface area (Å²) < 4.78 is 7.21. The molecule has 1 aliphatic rings. The third-order valence-corrected chi connectivity index (χ3v) is 5.14. The summed E-state index contributed by atoms with van der Waals surface area (Å²) in [5, 5.41) is 3.55. The summed E-state index contributed by atoms with van der Waals surface area (Å²) in [6.45, 7) is 1.49. The monoisotopic (exact) mass is 388 g/mol. The Labute approximate surface area is 164 Å². The lowest BCUT2D eigenvalue weighted by molar-refractivity contribution is -0.132. The molecule has 4 heterocycles. The van der Waals surface area contributed by atoms with Gasteiger partial charge in [-0.2, -0.15) is 0 Å². The minimum Gasteiger partial charge on any atom is -0.458 e. The number of hydrogen-bond acceptors (Lipinski definition) is 5. The van der Waals surface area contributed by atoms with Crippen LogP contribution in [0.5, 0.6) is 0 Å². The van der Waals surface area contributed by atoms with Gasteiger partial charge in [-0.05, 0) is 31.2 Å². The van der Waals surface area contributed by atoms with Gasteiger partial charge in [0.2, 0.25) is 0 Å². The number of amides is 3. The van der Waals surface area contributed by atoms with E-state index >= 15 is 0 Å². The van der Waals surface area contributed by atoms with Crippen LogP contribution in [0.3, 0.4) is 0 Å². The first-order chi connectivity index (χ1) is 14.0. The Hall–Kier alpha value is -3.94. The largest absolute Gasteiger partial charge is 0.458 e. The lowest BCUT2D eigenvalue weighted by atomic mass is 9.99. The molecule has 0 saturated carbocycles. The second-order valence-corrected chi connectivity index (χ2v) is 7.11. The van der Waals surface area contributed by atoms with E-state index in [0.717, 1.165) is 10.3 Å². The topological polar surface area (TPSA) is 96.9 Å². The Kier molecular flexibility index (Phi) is 3.57. The highest BCUT2D eigenvalue weighted by Crippen LogP contribution is 2.33. The number of aromatic nitrogens is 2. The Morgan fingerprint density at radius 3 is 2.69 bits per heavy atom. The first-order valence-electron chi connectivity index (χ1n) is 9.06. The molecule has 5 rings (SSSR count). The Morgan fingerprint density at radius 1 is 1.07 bits per heavy atom. The smallest absolute Gasteiger partial charge is 0.325 e. The molecular formula is C21H16N4O4. The maximum absolute atomic E-state index is 13.1. The highest BCUT2D eigenvalue weighted by molar-refractivity contribution is 6.07. The average Bonchev–Trinajstić information content (AvgIpc) is 3.24. The summed E-state index contributed by atoms with van der Waals surface area (Å²) in [6.07, 6.45) is 1.61. The number of pyridine rings is 1. The average molecular weight is 388 g/mol. The third kappa shape index (κ3) is 2.60. The summed E-state index contributed by atoms with van der Waals surface area (Å²) in [6, 6.07) is 15.1. The fraction of sp³-hybridized carbons (Fsp3) is 0.143. The summed E-state index contributed by atoms with van der Waals surface area (Å²) in [7, 11) is 0. The van der Waals surface area contributed by atoms with Gasteiger partial charge in [-0.1, -0.05) is 24.3 Å². The molecule has 1 N–H and O–H groups in total. The zero-order valence-electron chi connectivity index (χ0n) is 15.5. The van der Waals surface area contributed by atoms with Crippen LogP contribution >= 0.6 is 0 Å². The molecule has 4 aromatic rings. The number of nitrogens with zero attached hydrogens (tertiary/aromatic N) is 3. The number of benzene rings is 1. The summed E-state index contributed by atoms with van der Waals surface area (Å²) >= 11 is 0. The van der Waals surface area contributed by atoms with Gasteiger partial charge in [0.25, 0.3) is 11.5 Å². The Morgan fingerprint density at radius 2 is 1.86 bits per heavy atom. The second kappa shape index (κ2) is 6.03. The van der Waals surface area contributed by atoms with E-state index in [1.54, 1.807) is 43.5 Å². The van der Waals surface area contributed by atoms with Crippen LogP contribution in [0.25, 0.3) is 16.6 Å². The number of para-hydroxylation sites is 1. The van der Waals surface area contributed by atoms with Crippen LogP contribution in [0.4, 0.5) is 4.79 Å². The molecule has 144 valence electrons. The predicted octanol–water partition coefficient (Wildman–Crippen LogP) is 2.41. The van der Waals surface area contributed by atoms with Crippen molar-refractivity contribution in [2.45, 2.75) is 19.0 Å².